The van der Waals surface area contributed by atoms with Crippen LogP contribution in [0.3, 0.4) is 0 Å². The maximum atomic E-state index is 5.90. The predicted octanol–water partition coefficient (Wildman–Crippen LogP) is 3.17. The first kappa shape index (κ1) is 20.8. The molecule has 0 radical (unpaired) electrons. The highest BCUT2D eigenvalue weighted by Gasteiger charge is 2.06. The van der Waals surface area contributed by atoms with Crippen molar-refractivity contribution in [1.82, 2.24) is 19.8 Å². The van der Waals surface area contributed by atoms with E-state index in [1.807, 2.05) is 33.4 Å². The summed E-state index contributed by atoms with van der Waals surface area (Å²) in [4.78, 5) is 10.7. The fourth-order valence-corrected chi connectivity index (χ4v) is 3.05. The van der Waals surface area contributed by atoms with Crippen LogP contribution in [-0.4, -0.2) is 54.2 Å². The Kier molecular flexibility index (Phi) is 8.17. The number of aryl methyl sites for hydroxylation is 4. The average molecular weight is 372 g/mol. The van der Waals surface area contributed by atoms with Crippen molar-refractivity contribution in [2.75, 3.05) is 33.8 Å². The molecule has 6 heteroatoms. The van der Waals surface area contributed by atoms with Crippen LogP contribution in [-0.2, 0) is 6.54 Å². The molecule has 0 aliphatic heterocycles. The van der Waals surface area contributed by atoms with E-state index in [0.717, 1.165) is 50.0 Å². The number of hydrogen-bond donors (Lipinski definition) is 1. The third-order valence-electron chi connectivity index (χ3n) is 4.50. The Morgan fingerprint density at radius 1 is 1.19 bits per heavy atom. The van der Waals surface area contributed by atoms with Crippen LogP contribution in [0, 0.1) is 20.8 Å². The van der Waals surface area contributed by atoms with Crippen molar-refractivity contribution in [2.24, 2.45) is 4.99 Å². The lowest BCUT2D eigenvalue weighted by molar-refractivity contribution is 0.281. The lowest BCUT2D eigenvalue weighted by Gasteiger charge is -2.22. The van der Waals surface area contributed by atoms with Gasteiger partial charge in [0, 0.05) is 39.6 Å². The van der Waals surface area contributed by atoms with Gasteiger partial charge in [0.15, 0.2) is 5.96 Å². The van der Waals surface area contributed by atoms with Gasteiger partial charge in [-0.1, -0.05) is 6.07 Å². The fourth-order valence-electron chi connectivity index (χ4n) is 3.05. The molecule has 0 aliphatic carbocycles. The van der Waals surface area contributed by atoms with E-state index in [2.05, 4.69) is 56.8 Å². The summed E-state index contributed by atoms with van der Waals surface area (Å²) >= 11 is 0. The van der Waals surface area contributed by atoms with E-state index in [-0.39, 0.29) is 0 Å². The lowest BCUT2D eigenvalue weighted by atomic mass is 10.1. The van der Waals surface area contributed by atoms with Crippen molar-refractivity contribution in [3.05, 3.63) is 47.5 Å². The van der Waals surface area contributed by atoms with E-state index in [4.69, 9.17) is 4.74 Å². The standard InChI is InChI=1S/C21H33N5O/c1-17-14-18(2)16-20(15-17)27-13-12-25(5)21(22-4)24-8-6-7-10-26-11-9-23-19(26)3/h9,11,14-16H,6-8,10,12-13H2,1-5H3,(H,22,24). The largest absolute Gasteiger partial charge is 0.492 e. The van der Waals surface area contributed by atoms with Crippen LogP contribution < -0.4 is 10.1 Å². The van der Waals surface area contributed by atoms with Crippen LogP contribution >= 0.6 is 0 Å². The molecule has 2 aromatic rings. The fraction of sp³-hybridized carbons (Fsp3) is 0.524. The molecule has 0 fully saturated rings. The molecule has 0 atom stereocenters. The first-order chi connectivity index (χ1) is 13.0. The van der Waals surface area contributed by atoms with Crippen LogP contribution in [0.15, 0.2) is 35.6 Å². The van der Waals surface area contributed by atoms with Gasteiger partial charge in [0.2, 0.25) is 0 Å². The maximum Gasteiger partial charge on any atom is 0.193 e. The Morgan fingerprint density at radius 3 is 2.56 bits per heavy atom. The van der Waals surface area contributed by atoms with Crippen molar-refractivity contribution in [2.45, 2.75) is 40.2 Å². The van der Waals surface area contributed by atoms with Crippen molar-refractivity contribution in [3.63, 3.8) is 0 Å². The Morgan fingerprint density at radius 2 is 1.93 bits per heavy atom. The van der Waals surface area contributed by atoms with E-state index < -0.39 is 0 Å². The summed E-state index contributed by atoms with van der Waals surface area (Å²) < 4.78 is 8.08. The molecule has 2 rings (SSSR count). The van der Waals surface area contributed by atoms with E-state index in [0.29, 0.717) is 6.61 Å². The van der Waals surface area contributed by atoms with Crippen LogP contribution in [0.4, 0.5) is 0 Å². The summed E-state index contributed by atoms with van der Waals surface area (Å²) in [6.07, 6.45) is 6.08. The number of nitrogens with zero attached hydrogens (tertiary/aromatic N) is 4. The first-order valence-corrected chi connectivity index (χ1v) is 9.60. The molecule has 27 heavy (non-hydrogen) atoms. The van der Waals surface area contributed by atoms with E-state index in [9.17, 15) is 0 Å². The summed E-state index contributed by atoms with van der Waals surface area (Å²) in [7, 11) is 3.85. The van der Waals surface area contributed by atoms with E-state index in [1.165, 1.54) is 11.1 Å². The van der Waals surface area contributed by atoms with Crippen molar-refractivity contribution >= 4 is 5.96 Å². The highest BCUT2D eigenvalue weighted by Crippen LogP contribution is 2.16. The number of ether oxygens (including phenoxy) is 1. The Hall–Kier alpha value is -2.50. The van der Waals surface area contributed by atoms with Crippen LogP contribution in [0.25, 0.3) is 0 Å². The van der Waals surface area contributed by atoms with Gasteiger partial charge >= 0.3 is 0 Å². The number of hydrogen-bond acceptors (Lipinski definition) is 3. The second-order valence-corrected chi connectivity index (χ2v) is 6.94. The van der Waals surface area contributed by atoms with Gasteiger partial charge in [0.1, 0.15) is 18.2 Å². The van der Waals surface area contributed by atoms with Gasteiger partial charge in [-0.3, -0.25) is 4.99 Å². The highest BCUT2D eigenvalue weighted by atomic mass is 16.5. The zero-order valence-electron chi connectivity index (χ0n) is 17.3. The summed E-state index contributed by atoms with van der Waals surface area (Å²) in [6, 6.07) is 6.29. The lowest BCUT2D eigenvalue weighted by Crippen LogP contribution is -2.41. The Balaban J connectivity index is 1.66. The minimum absolute atomic E-state index is 0.625. The second-order valence-electron chi connectivity index (χ2n) is 6.94. The highest BCUT2D eigenvalue weighted by molar-refractivity contribution is 5.79. The summed E-state index contributed by atoms with van der Waals surface area (Å²) in [5.41, 5.74) is 2.45. The molecule has 1 aromatic heterocycles. The summed E-state index contributed by atoms with van der Waals surface area (Å²) in [6.45, 7) is 9.53. The third kappa shape index (κ3) is 6.96. The minimum atomic E-state index is 0.625. The number of aliphatic imine (C=N–C) groups is 1. The first-order valence-electron chi connectivity index (χ1n) is 9.60. The number of rotatable bonds is 9. The zero-order chi connectivity index (χ0) is 19.6. The smallest absolute Gasteiger partial charge is 0.193 e. The molecular formula is C21H33N5O. The number of likely N-dealkylation sites (N-methyl/N-ethyl adjacent to an activating group) is 1. The topological polar surface area (TPSA) is 54.7 Å². The number of aromatic nitrogens is 2. The van der Waals surface area contributed by atoms with Crippen LogP contribution in [0.2, 0.25) is 0 Å². The third-order valence-corrected chi connectivity index (χ3v) is 4.50. The maximum absolute atomic E-state index is 5.90. The molecular weight excluding hydrogens is 338 g/mol. The molecule has 0 saturated heterocycles. The summed E-state index contributed by atoms with van der Waals surface area (Å²) in [5, 5.41) is 3.43. The van der Waals surface area contributed by atoms with Crippen molar-refractivity contribution in [1.29, 1.82) is 0 Å². The predicted molar refractivity (Wildman–Crippen MR) is 112 cm³/mol. The number of imidazole rings is 1. The van der Waals surface area contributed by atoms with Crippen LogP contribution in [0.1, 0.15) is 29.8 Å². The number of benzene rings is 1. The van der Waals surface area contributed by atoms with Gasteiger partial charge in [-0.15, -0.1) is 0 Å². The molecule has 148 valence electrons. The Bertz CT molecular complexity index is 718. The second kappa shape index (κ2) is 10.6. The molecule has 6 nitrogen and oxygen atoms in total. The SMILES string of the molecule is CN=C(NCCCCn1ccnc1C)N(C)CCOc1cc(C)cc(C)c1. The average Bonchev–Trinajstić information content (AvgIpc) is 3.02. The summed E-state index contributed by atoms with van der Waals surface area (Å²) in [5.74, 6) is 2.90. The van der Waals surface area contributed by atoms with Gasteiger partial charge in [0.25, 0.3) is 0 Å². The van der Waals surface area contributed by atoms with E-state index in [1.54, 1.807) is 0 Å². The molecule has 0 aliphatic rings. The minimum Gasteiger partial charge on any atom is -0.492 e. The molecule has 0 bridgehead atoms. The van der Waals surface area contributed by atoms with Gasteiger partial charge in [-0.25, -0.2) is 4.98 Å². The number of unbranched alkanes of at least 4 members (excludes halogenated alkanes) is 1. The van der Waals surface area contributed by atoms with Crippen molar-refractivity contribution in [3.8, 4) is 5.75 Å². The van der Waals surface area contributed by atoms with Gasteiger partial charge in [-0.05, 0) is 56.9 Å². The molecule has 0 spiro atoms. The molecule has 1 aromatic carbocycles. The van der Waals surface area contributed by atoms with Gasteiger partial charge < -0.3 is 19.5 Å². The normalized spacial score (nSPS) is 11.5. The molecule has 0 amide bonds. The van der Waals surface area contributed by atoms with Crippen LogP contribution in [0.5, 0.6) is 5.75 Å². The van der Waals surface area contributed by atoms with Crippen molar-refractivity contribution < 1.29 is 4.74 Å². The quantitative estimate of drug-likeness (QED) is 0.418. The molecule has 1 N–H and O–H groups in total. The molecule has 1 heterocycles. The number of guanidine groups is 1. The zero-order valence-corrected chi connectivity index (χ0v) is 17.3. The number of nitrogens with one attached hydrogen (secondary N) is 1. The van der Waals surface area contributed by atoms with Gasteiger partial charge in [0.05, 0.1) is 6.54 Å². The van der Waals surface area contributed by atoms with E-state index >= 15 is 0 Å². The van der Waals surface area contributed by atoms with Gasteiger partial charge in [-0.2, -0.15) is 0 Å². The Labute approximate surface area is 163 Å². The molecule has 0 saturated carbocycles. The molecule has 0 unspecified atom stereocenters. The monoisotopic (exact) mass is 371 g/mol.